The predicted octanol–water partition coefficient (Wildman–Crippen LogP) is 1.28. The van der Waals surface area contributed by atoms with Crippen LogP contribution in [0.15, 0.2) is 12.2 Å². The molecule has 1 aliphatic rings. The molecular formula is C9H14O3. The van der Waals surface area contributed by atoms with Gasteiger partial charge in [-0.25, -0.2) is 4.79 Å². The van der Waals surface area contributed by atoms with E-state index in [1.54, 1.807) is 6.92 Å². The van der Waals surface area contributed by atoms with Gasteiger partial charge in [0, 0.05) is 5.57 Å². The third-order valence-electron chi connectivity index (χ3n) is 1.90. The van der Waals surface area contributed by atoms with Crippen molar-refractivity contribution in [3.8, 4) is 0 Å². The van der Waals surface area contributed by atoms with E-state index in [0.717, 1.165) is 6.42 Å². The van der Waals surface area contributed by atoms with E-state index < -0.39 is 0 Å². The second-order valence-electron chi connectivity index (χ2n) is 3.00. The summed E-state index contributed by atoms with van der Waals surface area (Å²) in [5.41, 5.74) is 0.441. The molecule has 1 rings (SSSR count). The maximum Gasteiger partial charge on any atom is 0.333 e. The average molecular weight is 170 g/mol. The minimum Gasteiger partial charge on any atom is -0.454 e. The molecule has 0 bridgehead atoms. The van der Waals surface area contributed by atoms with Gasteiger partial charge >= 0.3 is 5.97 Å². The second kappa shape index (κ2) is 3.72. The summed E-state index contributed by atoms with van der Waals surface area (Å²) < 4.78 is 10.3. The van der Waals surface area contributed by atoms with Crippen LogP contribution in [0.2, 0.25) is 0 Å². The highest BCUT2D eigenvalue weighted by molar-refractivity contribution is 5.87. The molecule has 1 fully saturated rings. The Kier molecular flexibility index (Phi) is 2.87. The molecule has 12 heavy (non-hydrogen) atoms. The molecule has 0 spiro atoms. The van der Waals surface area contributed by atoms with E-state index >= 15 is 0 Å². The number of hydrogen-bond donors (Lipinski definition) is 0. The third kappa shape index (κ3) is 1.85. The van der Waals surface area contributed by atoms with Gasteiger partial charge in [-0.05, 0) is 13.3 Å². The minimum atomic E-state index is -0.318. The average Bonchev–Trinajstić information content (AvgIpc) is 1.98. The summed E-state index contributed by atoms with van der Waals surface area (Å²) in [5.74, 6) is -0.318. The van der Waals surface area contributed by atoms with Crippen molar-refractivity contribution in [3.63, 3.8) is 0 Å². The van der Waals surface area contributed by atoms with Crippen LogP contribution >= 0.6 is 0 Å². The van der Waals surface area contributed by atoms with Gasteiger partial charge < -0.3 is 9.47 Å². The van der Waals surface area contributed by atoms with Crippen LogP contribution in [0.25, 0.3) is 0 Å². The highest BCUT2D eigenvalue weighted by Gasteiger charge is 2.33. The van der Waals surface area contributed by atoms with Gasteiger partial charge in [-0.3, -0.25) is 0 Å². The van der Waals surface area contributed by atoms with Gasteiger partial charge in [-0.1, -0.05) is 13.5 Å². The van der Waals surface area contributed by atoms with Gasteiger partial charge in [-0.15, -0.1) is 0 Å². The van der Waals surface area contributed by atoms with E-state index in [1.165, 1.54) is 0 Å². The number of carbonyl (C=O) groups is 1. The molecule has 1 saturated heterocycles. The number of ether oxygens (including phenoxy) is 2. The lowest BCUT2D eigenvalue weighted by Gasteiger charge is -2.35. The molecule has 0 saturated carbocycles. The molecule has 3 nitrogen and oxygen atoms in total. The first-order valence-electron chi connectivity index (χ1n) is 4.13. The quantitative estimate of drug-likeness (QED) is 0.473. The molecule has 2 unspecified atom stereocenters. The largest absolute Gasteiger partial charge is 0.454 e. The Morgan fingerprint density at radius 2 is 2.42 bits per heavy atom. The summed E-state index contributed by atoms with van der Waals surface area (Å²) in [4.78, 5) is 11.0. The van der Waals surface area contributed by atoms with Gasteiger partial charge in [0.1, 0.15) is 0 Å². The van der Waals surface area contributed by atoms with Gasteiger partial charge in [0.15, 0.2) is 6.10 Å². The molecule has 0 aromatic heterocycles. The number of rotatable bonds is 3. The first-order valence-corrected chi connectivity index (χ1v) is 4.13. The Morgan fingerprint density at radius 1 is 1.75 bits per heavy atom. The first kappa shape index (κ1) is 9.26. The Bertz CT molecular complexity index is 196. The summed E-state index contributed by atoms with van der Waals surface area (Å²) in [6, 6.07) is 0. The number of hydrogen-bond acceptors (Lipinski definition) is 3. The molecule has 1 aliphatic heterocycles. The topological polar surface area (TPSA) is 35.5 Å². The Morgan fingerprint density at radius 3 is 2.75 bits per heavy atom. The maximum atomic E-state index is 11.0. The molecule has 0 radical (unpaired) electrons. The molecule has 0 aromatic rings. The van der Waals surface area contributed by atoms with Crippen molar-refractivity contribution in [1.82, 2.24) is 0 Å². The molecule has 2 atom stereocenters. The van der Waals surface area contributed by atoms with Crippen molar-refractivity contribution in [2.75, 3.05) is 6.61 Å². The maximum absolute atomic E-state index is 11.0. The normalized spacial score (nSPS) is 27.5. The molecule has 0 N–H and O–H groups in total. The van der Waals surface area contributed by atoms with E-state index in [-0.39, 0.29) is 18.2 Å². The molecule has 0 aliphatic carbocycles. The van der Waals surface area contributed by atoms with E-state index in [1.807, 2.05) is 6.92 Å². The Balaban J connectivity index is 2.32. The zero-order chi connectivity index (χ0) is 9.14. The SMILES string of the molecule is C=C(C)C(=O)OC1COC1CC. The van der Waals surface area contributed by atoms with Crippen LogP contribution in [0.3, 0.4) is 0 Å². The van der Waals surface area contributed by atoms with Crippen molar-refractivity contribution in [2.45, 2.75) is 32.5 Å². The molecule has 1 heterocycles. The smallest absolute Gasteiger partial charge is 0.333 e. The summed E-state index contributed by atoms with van der Waals surface area (Å²) in [6.45, 7) is 7.67. The van der Waals surface area contributed by atoms with E-state index in [9.17, 15) is 4.79 Å². The van der Waals surface area contributed by atoms with E-state index in [2.05, 4.69) is 6.58 Å². The van der Waals surface area contributed by atoms with Crippen LogP contribution in [-0.4, -0.2) is 24.8 Å². The second-order valence-corrected chi connectivity index (χ2v) is 3.00. The van der Waals surface area contributed by atoms with Crippen molar-refractivity contribution >= 4 is 5.97 Å². The molecular weight excluding hydrogens is 156 g/mol. The van der Waals surface area contributed by atoms with Crippen molar-refractivity contribution in [1.29, 1.82) is 0 Å². The van der Waals surface area contributed by atoms with Crippen molar-refractivity contribution in [3.05, 3.63) is 12.2 Å². The fraction of sp³-hybridized carbons (Fsp3) is 0.667. The predicted molar refractivity (Wildman–Crippen MR) is 44.7 cm³/mol. The Hall–Kier alpha value is -0.830. The lowest BCUT2D eigenvalue weighted by molar-refractivity contribution is -0.195. The lowest BCUT2D eigenvalue weighted by atomic mass is 10.1. The van der Waals surface area contributed by atoms with E-state index in [4.69, 9.17) is 9.47 Å². The summed E-state index contributed by atoms with van der Waals surface area (Å²) in [6.07, 6.45) is 0.918. The standard InChI is InChI=1S/C9H14O3/c1-4-7-8(5-11-7)12-9(10)6(2)3/h7-8H,2,4-5H2,1,3H3. The zero-order valence-electron chi connectivity index (χ0n) is 7.50. The highest BCUT2D eigenvalue weighted by atomic mass is 16.6. The van der Waals surface area contributed by atoms with Gasteiger partial charge in [-0.2, -0.15) is 0 Å². The summed E-state index contributed by atoms with van der Waals surface area (Å²) in [7, 11) is 0. The Labute approximate surface area is 72.4 Å². The van der Waals surface area contributed by atoms with Crippen LogP contribution < -0.4 is 0 Å². The minimum absolute atomic E-state index is 0.0563. The van der Waals surface area contributed by atoms with Crippen LogP contribution in [0.4, 0.5) is 0 Å². The third-order valence-corrected chi connectivity index (χ3v) is 1.90. The van der Waals surface area contributed by atoms with Crippen LogP contribution in [0.5, 0.6) is 0 Å². The van der Waals surface area contributed by atoms with Crippen molar-refractivity contribution in [2.24, 2.45) is 0 Å². The molecule has 3 heteroatoms. The van der Waals surface area contributed by atoms with Crippen LogP contribution in [-0.2, 0) is 14.3 Å². The zero-order valence-corrected chi connectivity index (χ0v) is 7.50. The number of esters is 1. The summed E-state index contributed by atoms with van der Waals surface area (Å²) in [5, 5.41) is 0. The molecule has 0 amide bonds. The van der Waals surface area contributed by atoms with Crippen LogP contribution in [0.1, 0.15) is 20.3 Å². The molecule has 0 aromatic carbocycles. The fourth-order valence-corrected chi connectivity index (χ4v) is 1.04. The van der Waals surface area contributed by atoms with Crippen LogP contribution in [0, 0.1) is 0 Å². The first-order chi connectivity index (χ1) is 5.65. The van der Waals surface area contributed by atoms with Gasteiger partial charge in [0.25, 0.3) is 0 Å². The monoisotopic (exact) mass is 170 g/mol. The number of carbonyl (C=O) groups excluding carboxylic acids is 1. The fourth-order valence-electron chi connectivity index (χ4n) is 1.04. The van der Waals surface area contributed by atoms with Gasteiger partial charge in [0.05, 0.1) is 12.7 Å². The van der Waals surface area contributed by atoms with Gasteiger partial charge in [0.2, 0.25) is 0 Å². The lowest BCUT2D eigenvalue weighted by Crippen LogP contribution is -2.47. The molecule has 68 valence electrons. The highest BCUT2D eigenvalue weighted by Crippen LogP contribution is 2.19. The van der Waals surface area contributed by atoms with E-state index in [0.29, 0.717) is 12.2 Å². The van der Waals surface area contributed by atoms with Crippen molar-refractivity contribution < 1.29 is 14.3 Å². The summed E-state index contributed by atoms with van der Waals surface area (Å²) >= 11 is 0.